The highest BCUT2D eigenvalue weighted by atomic mass is 15.3. The Morgan fingerprint density at radius 1 is 1.35 bits per heavy atom. The zero-order valence-corrected chi connectivity index (χ0v) is 11.7. The molecule has 0 aliphatic rings. The van der Waals surface area contributed by atoms with Crippen LogP contribution in [0, 0.1) is 5.92 Å². The van der Waals surface area contributed by atoms with Crippen LogP contribution < -0.4 is 5.32 Å². The summed E-state index contributed by atoms with van der Waals surface area (Å²) in [5.41, 5.74) is 1.36. The molecule has 1 heterocycles. The summed E-state index contributed by atoms with van der Waals surface area (Å²) in [4.78, 5) is 0. The fraction of sp³-hybridized carbons (Fsp3) is 0.786. The molecule has 0 aliphatic heterocycles. The minimum atomic E-state index is 0.516. The van der Waals surface area contributed by atoms with Crippen molar-refractivity contribution in [2.75, 3.05) is 13.1 Å². The highest BCUT2D eigenvalue weighted by Crippen LogP contribution is 2.10. The first-order valence-electron chi connectivity index (χ1n) is 6.87. The standard InChI is InChI=1S/C14H27N3/c1-5-13(4)17-11-14(10-16-17)7-6-8-15-9-12(2)3/h10-13,15H,5-9H2,1-4H3. The molecular formula is C14H27N3. The van der Waals surface area contributed by atoms with Crippen LogP contribution in [0.4, 0.5) is 0 Å². The third-order valence-electron chi connectivity index (χ3n) is 3.07. The Labute approximate surface area is 106 Å². The molecule has 17 heavy (non-hydrogen) atoms. The zero-order valence-electron chi connectivity index (χ0n) is 11.7. The van der Waals surface area contributed by atoms with E-state index in [-0.39, 0.29) is 0 Å². The van der Waals surface area contributed by atoms with Gasteiger partial charge < -0.3 is 5.32 Å². The van der Waals surface area contributed by atoms with Crippen molar-refractivity contribution in [1.29, 1.82) is 0 Å². The molecule has 98 valence electrons. The topological polar surface area (TPSA) is 29.9 Å². The maximum absolute atomic E-state index is 4.41. The van der Waals surface area contributed by atoms with Crippen molar-refractivity contribution in [1.82, 2.24) is 15.1 Å². The van der Waals surface area contributed by atoms with Crippen molar-refractivity contribution in [3.05, 3.63) is 18.0 Å². The molecule has 0 bridgehead atoms. The van der Waals surface area contributed by atoms with Gasteiger partial charge in [-0.3, -0.25) is 4.68 Å². The zero-order chi connectivity index (χ0) is 12.7. The summed E-state index contributed by atoms with van der Waals surface area (Å²) in [7, 11) is 0. The smallest absolute Gasteiger partial charge is 0.0521 e. The van der Waals surface area contributed by atoms with Gasteiger partial charge >= 0.3 is 0 Å². The monoisotopic (exact) mass is 237 g/mol. The van der Waals surface area contributed by atoms with Gasteiger partial charge in [-0.05, 0) is 50.8 Å². The second kappa shape index (κ2) is 7.49. The third kappa shape index (κ3) is 5.35. The molecule has 0 aromatic carbocycles. The number of aromatic nitrogens is 2. The van der Waals surface area contributed by atoms with Gasteiger partial charge in [-0.2, -0.15) is 5.10 Å². The van der Waals surface area contributed by atoms with Crippen LogP contribution in [0.5, 0.6) is 0 Å². The van der Waals surface area contributed by atoms with Crippen LogP contribution in [-0.2, 0) is 6.42 Å². The van der Waals surface area contributed by atoms with Gasteiger partial charge in [-0.15, -0.1) is 0 Å². The van der Waals surface area contributed by atoms with Crippen molar-refractivity contribution in [2.45, 2.75) is 53.0 Å². The Morgan fingerprint density at radius 2 is 2.12 bits per heavy atom. The molecule has 0 spiro atoms. The first kappa shape index (κ1) is 14.2. The molecular weight excluding hydrogens is 210 g/mol. The molecule has 1 unspecified atom stereocenters. The lowest BCUT2D eigenvalue weighted by Gasteiger charge is -2.08. The average molecular weight is 237 g/mol. The SMILES string of the molecule is CCC(C)n1cc(CCCNCC(C)C)cn1. The molecule has 3 heteroatoms. The van der Waals surface area contributed by atoms with Crippen LogP contribution >= 0.6 is 0 Å². The predicted molar refractivity (Wildman–Crippen MR) is 73.3 cm³/mol. The Bertz CT molecular complexity index is 304. The van der Waals surface area contributed by atoms with Crippen LogP contribution in [-0.4, -0.2) is 22.9 Å². The van der Waals surface area contributed by atoms with Crippen LogP contribution in [0.15, 0.2) is 12.4 Å². The van der Waals surface area contributed by atoms with E-state index in [0.717, 1.165) is 31.8 Å². The lowest BCUT2D eigenvalue weighted by molar-refractivity contribution is 0.477. The average Bonchev–Trinajstić information content (AvgIpc) is 2.76. The van der Waals surface area contributed by atoms with Crippen molar-refractivity contribution in [3.8, 4) is 0 Å². The van der Waals surface area contributed by atoms with Gasteiger partial charge in [0.1, 0.15) is 0 Å². The van der Waals surface area contributed by atoms with Gasteiger partial charge in [-0.1, -0.05) is 20.8 Å². The van der Waals surface area contributed by atoms with E-state index in [0.29, 0.717) is 6.04 Å². The van der Waals surface area contributed by atoms with Gasteiger partial charge in [-0.25, -0.2) is 0 Å². The quantitative estimate of drug-likeness (QED) is 0.704. The van der Waals surface area contributed by atoms with E-state index >= 15 is 0 Å². The fourth-order valence-electron chi connectivity index (χ4n) is 1.74. The third-order valence-corrected chi connectivity index (χ3v) is 3.07. The van der Waals surface area contributed by atoms with Gasteiger partial charge in [0, 0.05) is 12.2 Å². The normalized spacial score (nSPS) is 13.2. The summed E-state index contributed by atoms with van der Waals surface area (Å²) < 4.78 is 2.08. The Hall–Kier alpha value is -0.830. The van der Waals surface area contributed by atoms with Crippen molar-refractivity contribution >= 4 is 0 Å². The summed E-state index contributed by atoms with van der Waals surface area (Å²) in [5.74, 6) is 0.739. The van der Waals surface area contributed by atoms with Gasteiger partial charge in [0.25, 0.3) is 0 Å². The molecule has 0 amide bonds. The van der Waals surface area contributed by atoms with E-state index < -0.39 is 0 Å². The summed E-state index contributed by atoms with van der Waals surface area (Å²) in [5, 5.41) is 7.88. The Balaban J connectivity index is 2.21. The summed E-state index contributed by atoms with van der Waals surface area (Å²) in [6, 6.07) is 0.516. The summed E-state index contributed by atoms with van der Waals surface area (Å²) in [6.07, 6.45) is 7.66. The molecule has 3 nitrogen and oxygen atoms in total. The van der Waals surface area contributed by atoms with Crippen molar-refractivity contribution in [3.63, 3.8) is 0 Å². The minimum absolute atomic E-state index is 0.516. The Kier molecular flexibility index (Phi) is 6.27. The van der Waals surface area contributed by atoms with E-state index in [4.69, 9.17) is 0 Å². The molecule has 1 rings (SSSR count). The molecule has 1 aromatic heterocycles. The van der Waals surface area contributed by atoms with E-state index in [1.54, 1.807) is 0 Å². The van der Waals surface area contributed by atoms with Gasteiger partial charge in [0.2, 0.25) is 0 Å². The Morgan fingerprint density at radius 3 is 2.76 bits per heavy atom. The van der Waals surface area contributed by atoms with Gasteiger partial charge in [0.05, 0.1) is 6.20 Å². The largest absolute Gasteiger partial charge is 0.316 e. The second-order valence-corrected chi connectivity index (χ2v) is 5.29. The van der Waals surface area contributed by atoms with E-state index in [9.17, 15) is 0 Å². The second-order valence-electron chi connectivity index (χ2n) is 5.29. The van der Waals surface area contributed by atoms with Crippen molar-refractivity contribution < 1.29 is 0 Å². The molecule has 1 aromatic rings. The molecule has 0 saturated carbocycles. The minimum Gasteiger partial charge on any atom is -0.316 e. The van der Waals surface area contributed by atoms with Crippen LogP contribution in [0.25, 0.3) is 0 Å². The van der Waals surface area contributed by atoms with Crippen LogP contribution in [0.3, 0.4) is 0 Å². The molecule has 0 fully saturated rings. The maximum atomic E-state index is 4.41. The number of hydrogen-bond acceptors (Lipinski definition) is 2. The highest BCUT2D eigenvalue weighted by molar-refractivity contribution is 5.04. The van der Waals surface area contributed by atoms with Crippen molar-refractivity contribution in [2.24, 2.45) is 5.92 Å². The summed E-state index contributed by atoms with van der Waals surface area (Å²) in [6.45, 7) is 11.1. The lowest BCUT2D eigenvalue weighted by atomic mass is 10.2. The van der Waals surface area contributed by atoms with E-state index in [2.05, 4.69) is 49.0 Å². The molecule has 1 N–H and O–H groups in total. The van der Waals surface area contributed by atoms with Crippen LogP contribution in [0.2, 0.25) is 0 Å². The summed E-state index contributed by atoms with van der Waals surface area (Å²) >= 11 is 0. The van der Waals surface area contributed by atoms with E-state index in [1.807, 2.05) is 6.20 Å². The number of rotatable bonds is 8. The molecule has 0 saturated heterocycles. The maximum Gasteiger partial charge on any atom is 0.0521 e. The van der Waals surface area contributed by atoms with E-state index in [1.165, 1.54) is 12.0 Å². The first-order valence-corrected chi connectivity index (χ1v) is 6.87. The fourth-order valence-corrected chi connectivity index (χ4v) is 1.74. The lowest BCUT2D eigenvalue weighted by Crippen LogP contribution is -2.21. The number of aryl methyl sites for hydroxylation is 1. The van der Waals surface area contributed by atoms with Gasteiger partial charge in [0.15, 0.2) is 0 Å². The highest BCUT2D eigenvalue weighted by Gasteiger charge is 2.04. The predicted octanol–water partition coefficient (Wildman–Crippen LogP) is 3.03. The molecule has 0 radical (unpaired) electrons. The first-order chi connectivity index (χ1) is 8.13. The number of nitrogens with zero attached hydrogens (tertiary/aromatic N) is 2. The molecule has 0 aliphatic carbocycles. The number of nitrogens with one attached hydrogen (secondary N) is 1. The van der Waals surface area contributed by atoms with Crippen LogP contribution in [0.1, 0.15) is 52.1 Å². The molecule has 1 atom stereocenters. The number of hydrogen-bond donors (Lipinski definition) is 1.